The molecule has 1 heterocycles. The molecule has 138 valence electrons. The Bertz CT molecular complexity index is 890. The van der Waals surface area contributed by atoms with Crippen molar-refractivity contribution in [2.75, 3.05) is 7.11 Å². The van der Waals surface area contributed by atoms with E-state index in [1.54, 1.807) is 19.5 Å². The number of methoxy groups -OCH3 is 1. The van der Waals surface area contributed by atoms with Crippen molar-refractivity contribution in [3.8, 4) is 5.75 Å². The first-order valence-corrected chi connectivity index (χ1v) is 8.90. The summed E-state index contributed by atoms with van der Waals surface area (Å²) in [5.41, 5.74) is 6.01. The number of rotatable bonds is 7. The minimum absolute atomic E-state index is 0.457. The Morgan fingerprint density at radius 1 is 1.15 bits per heavy atom. The van der Waals surface area contributed by atoms with E-state index in [4.69, 9.17) is 17.0 Å². The molecule has 0 saturated heterocycles. The fourth-order valence-electron chi connectivity index (χ4n) is 2.43. The number of hydrazone groups is 1. The maximum Gasteiger partial charge on any atom is 0.187 e. The van der Waals surface area contributed by atoms with Gasteiger partial charge in [-0.2, -0.15) is 10.2 Å². The Hall–Kier alpha value is -3.19. The number of ether oxygens (including phenoxy) is 1. The van der Waals surface area contributed by atoms with Gasteiger partial charge in [-0.25, -0.2) is 0 Å². The van der Waals surface area contributed by atoms with E-state index in [0.717, 1.165) is 23.4 Å². The van der Waals surface area contributed by atoms with Gasteiger partial charge in [0.15, 0.2) is 5.11 Å². The summed E-state index contributed by atoms with van der Waals surface area (Å²) in [4.78, 5) is 0. The molecule has 0 amide bonds. The van der Waals surface area contributed by atoms with Crippen LogP contribution in [-0.4, -0.2) is 28.2 Å². The van der Waals surface area contributed by atoms with Gasteiger partial charge in [0, 0.05) is 18.3 Å². The highest BCUT2D eigenvalue weighted by Crippen LogP contribution is 2.10. The predicted octanol–water partition coefficient (Wildman–Crippen LogP) is 2.94. The van der Waals surface area contributed by atoms with E-state index in [-0.39, 0.29) is 0 Å². The maximum atomic E-state index is 5.23. The van der Waals surface area contributed by atoms with Crippen molar-refractivity contribution in [2.24, 2.45) is 5.10 Å². The van der Waals surface area contributed by atoms with Crippen molar-refractivity contribution < 1.29 is 4.74 Å². The number of thiocarbonyl (C=S) groups is 1. The van der Waals surface area contributed by atoms with Gasteiger partial charge >= 0.3 is 0 Å². The Morgan fingerprint density at radius 2 is 1.93 bits per heavy atom. The highest BCUT2D eigenvalue weighted by molar-refractivity contribution is 7.80. The molecule has 0 aliphatic heterocycles. The number of hydrogen-bond acceptors (Lipinski definition) is 4. The lowest BCUT2D eigenvalue weighted by Crippen LogP contribution is -2.31. The van der Waals surface area contributed by atoms with E-state index in [1.807, 2.05) is 53.3 Å². The molecule has 0 unspecified atom stereocenters. The lowest BCUT2D eigenvalue weighted by atomic mass is 10.2. The molecule has 0 radical (unpaired) electrons. The summed E-state index contributed by atoms with van der Waals surface area (Å²) in [6.07, 6.45) is 5.39. The normalized spacial score (nSPS) is 10.7. The van der Waals surface area contributed by atoms with Crippen molar-refractivity contribution in [3.05, 3.63) is 83.7 Å². The molecule has 0 fully saturated rings. The summed E-state index contributed by atoms with van der Waals surface area (Å²) in [5, 5.41) is 12.1. The number of nitrogens with one attached hydrogen (secondary N) is 2. The van der Waals surface area contributed by atoms with Crippen LogP contribution in [0.3, 0.4) is 0 Å². The molecule has 7 heteroatoms. The van der Waals surface area contributed by atoms with Crippen LogP contribution in [0, 0.1) is 0 Å². The van der Waals surface area contributed by atoms with Crippen LogP contribution in [0.1, 0.15) is 16.7 Å². The van der Waals surface area contributed by atoms with E-state index in [0.29, 0.717) is 11.7 Å². The summed E-state index contributed by atoms with van der Waals surface area (Å²) in [6, 6.07) is 18.0. The summed E-state index contributed by atoms with van der Waals surface area (Å²) in [5.74, 6) is 0.830. The number of aromatic nitrogens is 2. The van der Waals surface area contributed by atoms with Gasteiger partial charge in [0.1, 0.15) is 5.75 Å². The van der Waals surface area contributed by atoms with Crippen molar-refractivity contribution in [3.63, 3.8) is 0 Å². The van der Waals surface area contributed by atoms with Crippen LogP contribution in [0.4, 0.5) is 0 Å². The third kappa shape index (κ3) is 5.93. The maximum absolute atomic E-state index is 5.23. The smallest absolute Gasteiger partial charge is 0.187 e. The van der Waals surface area contributed by atoms with Gasteiger partial charge < -0.3 is 10.1 Å². The summed E-state index contributed by atoms with van der Waals surface area (Å²) >= 11 is 5.23. The standard InChI is InChI=1S/C20H21N5OS/c1-26-19-9-7-16(8-10-19)11-21-20(27)24-22-12-18-13-23-25(15-18)14-17-5-3-2-4-6-17/h2-10,12-13,15H,11,14H2,1H3,(H2,21,24,27)/b22-12-. The van der Waals surface area contributed by atoms with Crippen LogP contribution in [0.2, 0.25) is 0 Å². The molecular weight excluding hydrogens is 358 g/mol. The minimum Gasteiger partial charge on any atom is -0.497 e. The van der Waals surface area contributed by atoms with Crippen LogP contribution in [0.25, 0.3) is 0 Å². The quantitative estimate of drug-likeness (QED) is 0.375. The molecule has 27 heavy (non-hydrogen) atoms. The zero-order valence-corrected chi connectivity index (χ0v) is 15.8. The van der Waals surface area contributed by atoms with Gasteiger partial charge in [-0.15, -0.1) is 0 Å². The molecule has 0 spiro atoms. The molecule has 0 aliphatic carbocycles. The average molecular weight is 379 g/mol. The van der Waals surface area contributed by atoms with Gasteiger partial charge in [-0.1, -0.05) is 42.5 Å². The molecule has 6 nitrogen and oxygen atoms in total. The van der Waals surface area contributed by atoms with E-state index >= 15 is 0 Å². The first-order chi connectivity index (χ1) is 13.2. The fourth-order valence-corrected chi connectivity index (χ4v) is 2.56. The van der Waals surface area contributed by atoms with E-state index in [2.05, 4.69) is 33.1 Å². The zero-order valence-electron chi connectivity index (χ0n) is 15.0. The van der Waals surface area contributed by atoms with E-state index in [1.165, 1.54) is 5.56 Å². The Labute approximate surface area is 163 Å². The van der Waals surface area contributed by atoms with Gasteiger partial charge in [-0.05, 0) is 35.5 Å². The second-order valence-corrected chi connectivity index (χ2v) is 6.27. The number of benzene rings is 2. The molecular formula is C20H21N5OS. The molecule has 0 saturated carbocycles. The third-order valence-corrected chi connectivity index (χ3v) is 4.07. The predicted molar refractivity (Wildman–Crippen MR) is 111 cm³/mol. The monoisotopic (exact) mass is 379 g/mol. The Morgan fingerprint density at radius 3 is 2.67 bits per heavy atom. The van der Waals surface area contributed by atoms with E-state index < -0.39 is 0 Å². The van der Waals surface area contributed by atoms with Gasteiger partial charge in [0.2, 0.25) is 0 Å². The number of hydrogen-bond donors (Lipinski definition) is 2. The molecule has 3 aromatic rings. The zero-order chi connectivity index (χ0) is 18.9. The van der Waals surface area contributed by atoms with Crippen LogP contribution in [0.5, 0.6) is 5.75 Å². The third-order valence-electron chi connectivity index (χ3n) is 3.83. The summed E-state index contributed by atoms with van der Waals surface area (Å²) < 4.78 is 7.01. The van der Waals surface area contributed by atoms with Crippen LogP contribution in [-0.2, 0) is 13.1 Å². The van der Waals surface area contributed by atoms with Gasteiger partial charge in [0.05, 0.1) is 26.1 Å². The summed E-state index contributed by atoms with van der Waals surface area (Å²) in [7, 11) is 1.65. The lowest BCUT2D eigenvalue weighted by Gasteiger charge is -2.07. The minimum atomic E-state index is 0.457. The lowest BCUT2D eigenvalue weighted by molar-refractivity contribution is 0.414. The Balaban J connectivity index is 1.43. The van der Waals surface area contributed by atoms with Crippen molar-refractivity contribution in [2.45, 2.75) is 13.1 Å². The van der Waals surface area contributed by atoms with E-state index in [9.17, 15) is 0 Å². The SMILES string of the molecule is COc1ccc(CNC(=S)N/N=C\c2cnn(Cc3ccccc3)c2)cc1. The molecule has 3 rings (SSSR count). The average Bonchev–Trinajstić information content (AvgIpc) is 3.14. The largest absolute Gasteiger partial charge is 0.497 e. The first kappa shape index (κ1) is 18.6. The van der Waals surface area contributed by atoms with Crippen molar-refractivity contribution in [1.29, 1.82) is 0 Å². The molecule has 2 aromatic carbocycles. The molecule has 2 N–H and O–H groups in total. The highest BCUT2D eigenvalue weighted by atomic mass is 32.1. The second-order valence-electron chi connectivity index (χ2n) is 5.86. The molecule has 0 atom stereocenters. The molecule has 0 aliphatic rings. The first-order valence-electron chi connectivity index (χ1n) is 8.49. The topological polar surface area (TPSA) is 63.5 Å². The summed E-state index contributed by atoms with van der Waals surface area (Å²) in [6.45, 7) is 1.34. The second kappa shape index (κ2) is 9.49. The number of nitrogens with zero attached hydrogens (tertiary/aromatic N) is 3. The Kier molecular flexibility index (Phi) is 6.54. The van der Waals surface area contributed by atoms with Crippen molar-refractivity contribution >= 4 is 23.5 Å². The van der Waals surface area contributed by atoms with Gasteiger partial charge in [0.25, 0.3) is 0 Å². The molecule has 1 aromatic heterocycles. The van der Waals surface area contributed by atoms with Crippen LogP contribution >= 0.6 is 12.2 Å². The fraction of sp³-hybridized carbons (Fsp3) is 0.150. The van der Waals surface area contributed by atoms with Crippen LogP contribution < -0.4 is 15.5 Å². The highest BCUT2D eigenvalue weighted by Gasteiger charge is 1.99. The van der Waals surface area contributed by atoms with Crippen LogP contribution in [0.15, 0.2) is 72.1 Å². The molecule has 0 bridgehead atoms. The van der Waals surface area contributed by atoms with Crippen molar-refractivity contribution in [1.82, 2.24) is 20.5 Å². The van der Waals surface area contributed by atoms with Gasteiger partial charge in [-0.3, -0.25) is 10.1 Å².